The largest absolute Gasteiger partial charge is 0.493 e. The first-order chi connectivity index (χ1) is 13.9. The summed E-state index contributed by atoms with van der Waals surface area (Å²) < 4.78 is 22.6. The molecule has 0 bridgehead atoms. The SMILES string of the molecule is CCN(C(=O)C1CCC2OC(C)(C)OC21)c1cnc2cc(OC)c(OC)cc2n1. The Kier molecular flexibility index (Phi) is 5.08. The molecule has 1 amide bonds. The predicted molar refractivity (Wildman–Crippen MR) is 107 cm³/mol. The molecule has 1 saturated carbocycles. The van der Waals surface area contributed by atoms with Crippen molar-refractivity contribution >= 4 is 22.8 Å². The number of methoxy groups -OCH3 is 2. The van der Waals surface area contributed by atoms with Gasteiger partial charge in [0.25, 0.3) is 0 Å². The lowest BCUT2D eigenvalue weighted by Crippen LogP contribution is -2.41. The van der Waals surface area contributed by atoms with E-state index < -0.39 is 5.79 Å². The second kappa shape index (κ2) is 7.42. The van der Waals surface area contributed by atoms with Crippen LogP contribution in [0, 0.1) is 5.92 Å². The number of rotatable bonds is 5. The number of carbonyl (C=O) groups excluding carboxylic acids is 1. The molecule has 2 aliphatic rings. The van der Waals surface area contributed by atoms with E-state index in [1.807, 2.05) is 20.8 Å². The van der Waals surface area contributed by atoms with Crippen LogP contribution in [0.1, 0.15) is 33.6 Å². The number of aromatic nitrogens is 2. The lowest BCUT2D eigenvalue weighted by atomic mass is 10.0. The van der Waals surface area contributed by atoms with E-state index in [2.05, 4.69) is 9.97 Å². The lowest BCUT2D eigenvalue weighted by molar-refractivity contribution is -0.159. The molecular weight excluding hydrogens is 374 g/mol. The molecule has 2 fully saturated rings. The van der Waals surface area contributed by atoms with Crippen LogP contribution in [0.15, 0.2) is 18.3 Å². The van der Waals surface area contributed by atoms with Crippen molar-refractivity contribution in [1.82, 2.24) is 9.97 Å². The van der Waals surface area contributed by atoms with Gasteiger partial charge in [-0.3, -0.25) is 14.7 Å². The average molecular weight is 401 g/mol. The topological polar surface area (TPSA) is 83.0 Å². The van der Waals surface area contributed by atoms with Gasteiger partial charge in [0.05, 0.1) is 49.6 Å². The molecule has 0 radical (unpaired) electrons. The fraction of sp³-hybridized carbons (Fsp3) is 0.571. The van der Waals surface area contributed by atoms with Gasteiger partial charge in [0.1, 0.15) is 0 Å². The molecule has 8 heteroatoms. The maximum Gasteiger partial charge on any atom is 0.234 e. The van der Waals surface area contributed by atoms with Crippen molar-refractivity contribution in [3.8, 4) is 11.5 Å². The van der Waals surface area contributed by atoms with Gasteiger partial charge in [-0.1, -0.05) is 0 Å². The van der Waals surface area contributed by atoms with Crippen molar-refractivity contribution in [2.75, 3.05) is 25.7 Å². The summed E-state index contributed by atoms with van der Waals surface area (Å²) in [6.07, 6.45) is 2.94. The summed E-state index contributed by atoms with van der Waals surface area (Å²) in [4.78, 5) is 24.2. The van der Waals surface area contributed by atoms with Gasteiger partial charge in [0.2, 0.25) is 5.91 Å². The number of benzene rings is 1. The summed E-state index contributed by atoms with van der Waals surface area (Å²) in [6.45, 7) is 6.20. The van der Waals surface area contributed by atoms with Crippen LogP contribution in [0.5, 0.6) is 11.5 Å². The molecule has 1 saturated heterocycles. The Morgan fingerprint density at radius 3 is 2.52 bits per heavy atom. The Bertz CT molecular complexity index is 932. The Morgan fingerprint density at radius 2 is 1.86 bits per heavy atom. The molecule has 1 aliphatic carbocycles. The Labute approximate surface area is 170 Å². The van der Waals surface area contributed by atoms with E-state index in [9.17, 15) is 4.79 Å². The van der Waals surface area contributed by atoms with Gasteiger partial charge >= 0.3 is 0 Å². The third kappa shape index (κ3) is 3.51. The average Bonchev–Trinajstić information content (AvgIpc) is 3.21. The zero-order valence-corrected chi connectivity index (χ0v) is 17.5. The van der Waals surface area contributed by atoms with Gasteiger partial charge in [-0.25, -0.2) is 4.98 Å². The van der Waals surface area contributed by atoms with Crippen LogP contribution in [0.25, 0.3) is 11.0 Å². The Hall–Kier alpha value is -2.45. The van der Waals surface area contributed by atoms with Gasteiger partial charge in [0, 0.05) is 18.7 Å². The number of anilines is 1. The molecular formula is C21H27N3O5. The maximum absolute atomic E-state index is 13.4. The van der Waals surface area contributed by atoms with Crippen molar-refractivity contribution < 1.29 is 23.7 Å². The first-order valence-electron chi connectivity index (χ1n) is 9.92. The highest BCUT2D eigenvalue weighted by Crippen LogP contribution is 2.42. The van der Waals surface area contributed by atoms with E-state index in [-0.39, 0.29) is 24.0 Å². The lowest BCUT2D eigenvalue weighted by Gasteiger charge is -2.26. The van der Waals surface area contributed by atoms with Gasteiger partial charge in [-0.15, -0.1) is 0 Å². The number of fused-ring (bicyclic) bond motifs is 2. The van der Waals surface area contributed by atoms with Crippen LogP contribution in [0.3, 0.4) is 0 Å². The minimum Gasteiger partial charge on any atom is -0.493 e. The van der Waals surface area contributed by atoms with Gasteiger partial charge in [0.15, 0.2) is 23.1 Å². The van der Waals surface area contributed by atoms with Crippen molar-refractivity contribution in [1.29, 1.82) is 0 Å². The Morgan fingerprint density at radius 1 is 1.17 bits per heavy atom. The zero-order valence-electron chi connectivity index (χ0n) is 17.5. The smallest absolute Gasteiger partial charge is 0.234 e. The fourth-order valence-electron chi connectivity index (χ4n) is 4.29. The van der Waals surface area contributed by atoms with Crippen molar-refractivity contribution in [3.63, 3.8) is 0 Å². The predicted octanol–water partition coefficient (Wildman–Crippen LogP) is 2.93. The molecule has 3 unspecified atom stereocenters. The molecule has 2 heterocycles. The molecule has 29 heavy (non-hydrogen) atoms. The number of amides is 1. The molecule has 8 nitrogen and oxygen atoms in total. The van der Waals surface area contributed by atoms with E-state index in [0.29, 0.717) is 34.9 Å². The summed E-state index contributed by atoms with van der Waals surface area (Å²) in [5.41, 5.74) is 1.31. The monoisotopic (exact) mass is 401 g/mol. The van der Waals surface area contributed by atoms with Crippen LogP contribution in [0.4, 0.5) is 5.82 Å². The molecule has 1 aromatic carbocycles. The number of ether oxygens (including phenoxy) is 4. The van der Waals surface area contributed by atoms with Crippen LogP contribution >= 0.6 is 0 Å². The highest BCUT2D eigenvalue weighted by molar-refractivity contribution is 5.95. The third-order valence-corrected chi connectivity index (χ3v) is 5.59. The first kappa shape index (κ1) is 19.8. The zero-order chi connectivity index (χ0) is 20.8. The molecule has 156 valence electrons. The van der Waals surface area contributed by atoms with E-state index >= 15 is 0 Å². The van der Waals surface area contributed by atoms with Crippen LogP contribution in [-0.4, -0.2) is 54.6 Å². The maximum atomic E-state index is 13.4. The summed E-state index contributed by atoms with van der Waals surface area (Å²) in [5.74, 6) is 0.768. The van der Waals surface area contributed by atoms with Crippen LogP contribution in [0.2, 0.25) is 0 Å². The normalized spacial score (nSPS) is 25.1. The van der Waals surface area contributed by atoms with Gasteiger partial charge in [-0.2, -0.15) is 0 Å². The number of nitrogens with zero attached hydrogens (tertiary/aromatic N) is 3. The van der Waals surface area contributed by atoms with Gasteiger partial charge in [-0.05, 0) is 33.6 Å². The molecule has 0 spiro atoms. The second-order valence-corrected chi connectivity index (χ2v) is 7.83. The summed E-state index contributed by atoms with van der Waals surface area (Å²) in [5, 5.41) is 0. The highest BCUT2D eigenvalue weighted by Gasteiger charge is 2.52. The molecule has 3 atom stereocenters. The van der Waals surface area contributed by atoms with Crippen LogP contribution < -0.4 is 14.4 Å². The van der Waals surface area contributed by atoms with Gasteiger partial charge < -0.3 is 18.9 Å². The minimum atomic E-state index is -0.649. The van der Waals surface area contributed by atoms with Crippen LogP contribution in [-0.2, 0) is 14.3 Å². The third-order valence-electron chi connectivity index (χ3n) is 5.59. The quantitative estimate of drug-likeness (QED) is 0.762. The number of hydrogen-bond donors (Lipinski definition) is 0. The highest BCUT2D eigenvalue weighted by atomic mass is 16.8. The minimum absolute atomic E-state index is 0.00423. The molecule has 4 rings (SSSR count). The van der Waals surface area contributed by atoms with E-state index in [1.165, 1.54) is 0 Å². The summed E-state index contributed by atoms with van der Waals surface area (Å²) in [6, 6.07) is 3.54. The van der Waals surface area contributed by atoms with E-state index in [1.54, 1.807) is 37.4 Å². The van der Waals surface area contributed by atoms with Crippen molar-refractivity contribution in [2.45, 2.75) is 51.6 Å². The summed E-state index contributed by atoms with van der Waals surface area (Å²) in [7, 11) is 3.15. The standard InChI is InChI=1S/C21H27N3O5/c1-6-24(20(25)12-7-8-15-19(12)29-21(2,3)28-15)18-11-22-13-9-16(26-4)17(27-5)10-14(13)23-18/h9-12,15,19H,6-8H2,1-5H3. The molecule has 0 N–H and O–H groups in total. The van der Waals surface area contributed by atoms with E-state index in [4.69, 9.17) is 18.9 Å². The Balaban J connectivity index is 1.63. The number of carbonyl (C=O) groups is 1. The van der Waals surface area contributed by atoms with Crippen molar-refractivity contribution in [3.05, 3.63) is 18.3 Å². The molecule has 1 aromatic heterocycles. The van der Waals surface area contributed by atoms with E-state index in [0.717, 1.165) is 12.8 Å². The molecule has 1 aliphatic heterocycles. The second-order valence-electron chi connectivity index (χ2n) is 7.83. The number of hydrogen-bond acceptors (Lipinski definition) is 7. The first-order valence-corrected chi connectivity index (χ1v) is 9.92. The van der Waals surface area contributed by atoms with Crippen molar-refractivity contribution in [2.24, 2.45) is 5.92 Å². The fourth-order valence-corrected chi connectivity index (χ4v) is 4.29. The molecule has 2 aromatic rings. The summed E-state index contributed by atoms with van der Waals surface area (Å²) >= 11 is 0.